The molecule has 0 saturated heterocycles. The molecule has 3 N–H and O–H groups in total. The monoisotopic (exact) mass is 553 g/mol. The van der Waals surface area contributed by atoms with Crippen LogP contribution in [0.1, 0.15) is 65.0 Å². The fraction of sp³-hybridized carbons (Fsp3) is 0.484. The molecule has 0 unspecified atom stereocenters. The van der Waals surface area contributed by atoms with Crippen molar-refractivity contribution in [2.24, 2.45) is 5.92 Å². The van der Waals surface area contributed by atoms with Crippen molar-refractivity contribution in [1.29, 1.82) is 0 Å². The molecule has 2 aromatic carbocycles. The standard InChI is InChI=1S/C31H43N3O6/c1-21(2)17-26(29(37)38)33-28(36)25(18-23-13-9-7-10-14-23)32-27(35)20-34(30(39)40-31(4,5)6)19-22(3)24-15-11-8-12-16-24/h7-16,21-22,25-26H,17-20H2,1-6H3,(H,32,35)(H,33,36)(H,37,38)/t22-,25-,26-/m1/s1. The molecular weight excluding hydrogens is 510 g/mol. The Kier molecular flexibility index (Phi) is 12.2. The van der Waals surface area contributed by atoms with Gasteiger partial charge in [0.1, 0.15) is 24.2 Å². The van der Waals surface area contributed by atoms with Gasteiger partial charge >= 0.3 is 12.1 Å². The van der Waals surface area contributed by atoms with Gasteiger partial charge in [-0.2, -0.15) is 0 Å². The quantitative estimate of drug-likeness (QED) is 0.338. The van der Waals surface area contributed by atoms with Crippen LogP contribution in [-0.4, -0.2) is 64.7 Å². The molecule has 0 heterocycles. The van der Waals surface area contributed by atoms with Gasteiger partial charge in [0, 0.05) is 13.0 Å². The Morgan fingerprint density at radius 3 is 1.98 bits per heavy atom. The average molecular weight is 554 g/mol. The number of carbonyl (C=O) groups is 4. The number of ether oxygens (including phenoxy) is 1. The second-order valence-electron chi connectivity index (χ2n) is 11.5. The molecule has 0 aliphatic rings. The third kappa shape index (κ3) is 11.5. The number of aliphatic carboxylic acids is 1. The van der Waals surface area contributed by atoms with Gasteiger partial charge in [0.05, 0.1) is 0 Å². The van der Waals surface area contributed by atoms with E-state index in [1.807, 2.05) is 81.4 Å². The summed E-state index contributed by atoms with van der Waals surface area (Å²) in [6, 6.07) is 16.6. The molecule has 3 atom stereocenters. The predicted octanol–water partition coefficient (Wildman–Crippen LogP) is 4.37. The third-order valence-electron chi connectivity index (χ3n) is 6.11. The van der Waals surface area contributed by atoms with Crippen molar-refractivity contribution in [2.45, 2.75) is 78.0 Å². The molecule has 0 spiro atoms. The van der Waals surface area contributed by atoms with Gasteiger partial charge in [0.15, 0.2) is 0 Å². The van der Waals surface area contributed by atoms with Crippen LogP contribution < -0.4 is 10.6 Å². The second kappa shape index (κ2) is 15.1. The first kappa shape index (κ1) is 32.3. The zero-order chi connectivity index (χ0) is 29.9. The topological polar surface area (TPSA) is 125 Å². The normalized spacial score (nSPS) is 13.6. The van der Waals surface area contributed by atoms with Gasteiger partial charge in [-0.25, -0.2) is 9.59 Å². The van der Waals surface area contributed by atoms with Gasteiger partial charge in [-0.15, -0.1) is 0 Å². The van der Waals surface area contributed by atoms with Crippen LogP contribution in [0.2, 0.25) is 0 Å². The molecule has 0 aliphatic carbocycles. The van der Waals surface area contributed by atoms with E-state index < -0.39 is 41.6 Å². The van der Waals surface area contributed by atoms with E-state index in [1.54, 1.807) is 20.8 Å². The number of rotatable bonds is 13. The first-order chi connectivity index (χ1) is 18.7. The summed E-state index contributed by atoms with van der Waals surface area (Å²) >= 11 is 0. The fourth-order valence-electron chi connectivity index (χ4n) is 4.19. The van der Waals surface area contributed by atoms with E-state index in [2.05, 4.69) is 10.6 Å². The van der Waals surface area contributed by atoms with Crippen LogP contribution in [0.3, 0.4) is 0 Å². The number of hydrogen-bond donors (Lipinski definition) is 3. The van der Waals surface area contributed by atoms with E-state index >= 15 is 0 Å². The summed E-state index contributed by atoms with van der Waals surface area (Å²) in [4.78, 5) is 52.7. The van der Waals surface area contributed by atoms with Crippen molar-refractivity contribution in [1.82, 2.24) is 15.5 Å². The maximum Gasteiger partial charge on any atom is 0.410 e. The first-order valence-electron chi connectivity index (χ1n) is 13.6. The van der Waals surface area contributed by atoms with Crippen LogP contribution in [0, 0.1) is 5.92 Å². The number of carbonyl (C=O) groups excluding carboxylic acids is 3. The number of nitrogens with one attached hydrogen (secondary N) is 2. The Bertz CT molecular complexity index is 1110. The van der Waals surface area contributed by atoms with Crippen molar-refractivity contribution < 1.29 is 29.0 Å². The Hall–Kier alpha value is -3.88. The van der Waals surface area contributed by atoms with Crippen molar-refractivity contribution >= 4 is 23.9 Å². The second-order valence-corrected chi connectivity index (χ2v) is 11.5. The summed E-state index contributed by atoms with van der Waals surface area (Å²) < 4.78 is 5.56. The minimum absolute atomic E-state index is 0.0394. The van der Waals surface area contributed by atoms with E-state index in [9.17, 15) is 24.3 Å². The molecule has 218 valence electrons. The Morgan fingerprint density at radius 1 is 0.875 bits per heavy atom. The lowest BCUT2D eigenvalue weighted by molar-refractivity contribution is -0.142. The highest BCUT2D eigenvalue weighted by atomic mass is 16.6. The zero-order valence-corrected chi connectivity index (χ0v) is 24.3. The van der Waals surface area contributed by atoms with Gasteiger partial charge in [-0.3, -0.25) is 14.5 Å². The molecule has 9 heteroatoms. The van der Waals surface area contributed by atoms with Crippen molar-refractivity contribution in [3.63, 3.8) is 0 Å². The number of carboxylic acid groups (broad SMARTS) is 1. The molecule has 3 amide bonds. The lowest BCUT2D eigenvalue weighted by Crippen LogP contribution is -2.54. The Morgan fingerprint density at radius 2 is 1.45 bits per heavy atom. The van der Waals surface area contributed by atoms with E-state index in [4.69, 9.17) is 4.74 Å². The molecule has 2 aromatic rings. The molecule has 0 aromatic heterocycles. The number of hydrogen-bond acceptors (Lipinski definition) is 5. The predicted molar refractivity (Wildman–Crippen MR) is 154 cm³/mol. The van der Waals surface area contributed by atoms with Crippen LogP contribution in [0.25, 0.3) is 0 Å². The van der Waals surface area contributed by atoms with E-state index in [-0.39, 0.29) is 37.8 Å². The van der Waals surface area contributed by atoms with Gasteiger partial charge in [-0.1, -0.05) is 81.4 Å². The smallest absolute Gasteiger partial charge is 0.410 e. The van der Waals surface area contributed by atoms with E-state index in [0.717, 1.165) is 11.1 Å². The molecule has 40 heavy (non-hydrogen) atoms. The number of carboxylic acids is 1. The molecule has 2 rings (SSSR count). The Balaban J connectivity index is 2.24. The largest absolute Gasteiger partial charge is 0.480 e. The molecule has 9 nitrogen and oxygen atoms in total. The summed E-state index contributed by atoms with van der Waals surface area (Å²) in [5.41, 5.74) is 1.03. The highest BCUT2D eigenvalue weighted by molar-refractivity contribution is 5.91. The molecule has 0 radical (unpaired) electrons. The van der Waals surface area contributed by atoms with Crippen LogP contribution >= 0.6 is 0 Å². The Labute approximate surface area is 237 Å². The van der Waals surface area contributed by atoms with Crippen LogP contribution in [0.4, 0.5) is 4.79 Å². The maximum absolute atomic E-state index is 13.3. The lowest BCUT2D eigenvalue weighted by Gasteiger charge is -2.30. The van der Waals surface area contributed by atoms with Gasteiger partial charge in [-0.05, 0) is 50.2 Å². The lowest BCUT2D eigenvalue weighted by atomic mass is 10.0. The van der Waals surface area contributed by atoms with Crippen LogP contribution in [0.5, 0.6) is 0 Å². The molecule has 0 saturated carbocycles. The van der Waals surface area contributed by atoms with E-state index in [0.29, 0.717) is 0 Å². The third-order valence-corrected chi connectivity index (χ3v) is 6.11. The van der Waals surface area contributed by atoms with Gasteiger partial charge in [0.25, 0.3) is 0 Å². The highest BCUT2D eigenvalue weighted by Gasteiger charge is 2.30. The summed E-state index contributed by atoms with van der Waals surface area (Å²) in [5.74, 6) is -2.35. The van der Waals surface area contributed by atoms with Gasteiger partial charge in [0.2, 0.25) is 11.8 Å². The molecule has 0 fully saturated rings. The van der Waals surface area contributed by atoms with Crippen molar-refractivity contribution in [2.75, 3.05) is 13.1 Å². The van der Waals surface area contributed by atoms with Crippen molar-refractivity contribution in [3.8, 4) is 0 Å². The van der Waals surface area contributed by atoms with Crippen LogP contribution in [0.15, 0.2) is 60.7 Å². The first-order valence-corrected chi connectivity index (χ1v) is 13.6. The van der Waals surface area contributed by atoms with Crippen molar-refractivity contribution in [3.05, 3.63) is 71.8 Å². The minimum Gasteiger partial charge on any atom is -0.480 e. The molecule has 0 aliphatic heterocycles. The average Bonchev–Trinajstić information content (AvgIpc) is 2.87. The summed E-state index contributed by atoms with van der Waals surface area (Å²) in [6.07, 6.45) is -0.242. The maximum atomic E-state index is 13.3. The summed E-state index contributed by atoms with van der Waals surface area (Å²) in [7, 11) is 0. The number of nitrogens with zero attached hydrogens (tertiary/aromatic N) is 1. The minimum atomic E-state index is -1.14. The fourth-order valence-corrected chi connectivity index (χ4v) is 4.19. The SMILES string of the molecule is CC(C)C[C@@H](NC(=O)[C@@H](Cc1ccccc1)NC(=O)CN(C[C@@H](C)c1ccccc1)C(=O)OC(C)(C)C)C(=O)O. The zero-order valence-electron chi connectivity index (χ0n) is 24.3. The number of amides is 3. The summed E-state index contributed by atoms with van der Waals surface area (Å²) in [5, 5.41) is 14.9. The number of benzene rings is 2. The molecular formula is C31H43N3O6. The highest BCUT2D eigenvalue weighted by Crippen LogP contribution is 2.18. The molecule has 0 bridgehead atoms. The summed E-state index contributed by atoms with van der Waals surface area (Å²) in [6.45, 7) is 10.8. The van der Waals surface area contributed by atoms with Gasteiger partial charge < -0.3 is 20.5 Å². The van der Waals surface area contributed by atoms with E-state index in [1.165, 1.54) is 4.90 Å². The van der Waals surface area contributed by atoms with Crippen LogP contribution in [-0.2, 0) is 25.5 Å².